The highest BCUT2D eigenvalue weighted by Gasteiger charge is 2.35. The molecule has 2 aliphatic heterocycles. The Balaban J connectivity index is 1.47. The topological polar surface area (TPSA) is 91.0 Å². The van der Waals surface area contributed by atoms with Crippen LogP contribution in [0, 0.1) is 0 Å². The zero-order valence-corrected chi connectivity index (χ0v) is 19.6. The first kappa shape index (κ1) is 23.4. The van der Waals surface area contributed by atoms with E-state index in [0.717, 1.165) is 35.7 Å². The fourth-order valence-corrected chi connectivity index (χ4v) is 4.32. The summed E-state index contributed by atoms with van der Waals surface area (Å²) in [6, 6.07) is 12.7. The lowest BCUT2D eigenvalue weighted by molar-refractivity contribution is -0.127. The number of anilines is 2. The van der Waals surface area contributed by atoms with Crippen molar-refractivity contribution in [3.63, 3.8) is 0 Å². The van der Waals surface area contributed by atoms with Crippen molar-refractivity contribution in [3.8, 4) is 5.75 Å². The van der Waals surface area contributed by atoms with E-state index < -0.39 is 17.8 Å². The first-order chi connectivity index (χ1) is 16.5. The number of amides is 4. The van der Waals surface area contributed by atoms with Gasteiger partial charge in [0, 0.05) is 36.1 Å². The molecule has 2 aromatic rings. The Hall–Kier alpha value is -3.81. The smallest absolute Gasteiger partial charge is 0.329 e. The van der Waals surface area contributed by atoms with Gasteiger partial charge in [0.25, 0.3) is 5.91 Å². The van der Waals surface area contributed by atoms with Gasteiger partial charge in [0.15, 0.2) is 0 Å². The lowest BCUT2D eigenvalue weighted by Gasteiger charge is -2.29. The van der Waals surface area contributed by atoms with E-state index in [9.17, 15) is 14.4 Å². The molecule has 2 N–H and O–H groups in total. The molecule has 4 amide bonds. The molecule has 2 fully saturated rings. The number of nitrogens with zero attached hydrogens (tertiary/aromatic N) is 2. The molecule has 8 nitrogen and oxygen atoms in total. The number of ether oxygens (including phenoxy) is 1. The number of carbonyl (C=O) groups is 3. The number of nitrogens with one attached hydrogen (secondary N) is 2. The van der Waals surface area contributed by atoms with E-state index in [2.05, 4.69) is 15.5 Å². The van der Waals surface area contributed by atoms with Crippen LogP contribution in [0.2, 0.25) is 0 Å². The van der Waals surface area contributed by atoms with Crippen molar-refractivity contribution in [2.75, 3.05) is 37.0 Å². The molecule has 0 aromatic heterocycles. The predicted molar refractivity (Wildman–Crippen MR) is 132 cm³/mol. The number of carbonyl (C=O) groups excluding carboxylic acids is 3. The maximum absolute atomic E-state index is 12.9. The lowest BCUT2D eigenvalue weighted by Crippen LogP contribution is -2.38. The quantitative estimate of drug-likeness (QED) is 0.483. The van der Waals surface area contributed by atoms with Crippen molar-refractivity contribution in [1.29, 1.82) is 0 Å². The van der Waals surface area contributed by atoms with Crippen molar-refractivity contribution in [1.82, 2.24) is 10.2 Å². The highest BCUT2D eigenvalue weighted by atomic mass is 16.5. The van der Waals surface area contributed by atoms with Crippen LogP contribution in [0.5, 0.6) is 5.75 Å². The Morgan fingerprint density at radius 3 is 2.62 bits per heavy atom. The van der Waals surface area contributed by atoms with Crippen LogP contribution in [-0.2, 0) is 16.0 Å². The summed E-state index contributed by atoms with van der Waals surface area (Å²) in [6.45, 7) is 3.65. The number of piperidine rings is 1. The number of benzene rings is 2. The summed E-state index contributed by atoms with van der Waals surface area (Å²) in [6.07, 6.45) is 5.93. The molecule has 2 aromatic carbocycles. The van der Waals surface area contributed by atoms with Gasteiger partial charge in [0.05, 0.1) is 7.11 Å². The molecule has 178 valence electrons. The van der Waals surface area contributed by atoms with Crippen LogP contribution in [0.4, 0.5) is 16.2 Å². The van der Waals surface area contributed by atoms with Crippen molar-refractivity contribution >= 4 is 35.3 Å². The summed E-state index contributed by atoms with van der Waals surface area (Å²) >= 11 is 0. The van der Waals surface area contributed by atoms with E-state index in [1.54, 1.807) is 19.3 Å². The minimum absolute atomic E-state index is 0.107. The van der Waals surface area contributed by atoms with Crippen LogP contribution in [-0.4, -0.2) is 49.5 Å². The second-order valence-electron chi connectivity index (χ2n) is 8.41. The average Bonchev–Trinajstić information content (AvgIpc) is 3.12. The van der Waals surface area contributed by atoms with Crippen LogP contribution in [0.3, 0.4) is 0 Å². The fraction of sp³-hybridized carbons (Fsp3) is 0.346. The number of hydrogen-bond acceptors (Lipinski definition) is 5. The van der Waals surface area contributed by atoms with Crippen molar-refractivity contribution in [2.24, 2.45) is 0 Å². The largest absolute Gasteiger partial charge is 0.496 e. The van der Waals surface area contributed by atoms with Crippen molar-refractivity contribution in [3.05, 3.63) is 59.3 Å². The van der Waals surface area contributed by atoms with Gasteiger partial charge in [-0.3, -0.25) is 9.59 Å². The summed E-state index contributed by atoms with van der Waals surface area (Å²) in [4.78, 5) is 41.1. The number of hydrogen-bond donors (Lipinski definition) is 2. The monoisotopic (exact) mass is 462 g/mol. The Labute approximate surface area is 199 Å². The highest BCUT2D eigenvalue weighted by Crippen LogP contribution is 2.29. The van der Waals surface area contributed by atoms with Gasteiger partial charge in [-0.15, -0.1) is 0 Å². The van der Waals surface area contributed by atoms with Gasteiger partial charge in [0.1, 0.15) is 18.0 Å². The molecular weight excluding hydrogens is 432 g/mol. The molecule has 2 heterocycles. The first-order valence-corrected chi connectivity index (χ1v) is 11.7. The van der Waals surface area contributed by atoms with Crippen LogP contribution < -0.4 is 20.3 Å². The number of imide groups is 1. The molecule has 0 bridgehead atoms. The standard InChI is InChI=1S/C26H30N4O4/c1-3-18-9-5-6-10-21(18)27-24(31)17-30-25(32)22(28-26(30)33)15-19-11-12-20(16-23(19)34-2)29-13-7-4-8-14-29/h5-6,9-12,15-16H,3-4,7-8,13-14,17H2,1-2H3,(H,27,31)(H,28,33)/b22-15+. The van der Waals surface area contributed by atoms with Gasteiger partial charge < -0.3 is 20.3 Å². The van der Waals surface area contributed by atoms with E-state index in [4.69, 9.17) is 4.74 Å². The molecule has 0 aliphatic carbocycles. The fourth-order valence-electron chi connectivity index (χ4n) is 4.32. The first-order valence-electron chi connectivity index (χ1n) is 11.7. The van der Waals surface area contributed by atoms with Crippen LogP contribution in [0.25, 0.3) is 6.08 Å². The molecule has 0 spiro atoms. The summed E-state index contributed by atoms with van der Waals surface area (Å²) in [7, 11) is 1.58. The molecule has 0 unspecified atom stereocenters. The Morgan fingerprint density at radius 1 is 1.12 bits per heavy atom. The number of rotatable bonds is 7. The van der Waals surface area contributed by atoms with Crippen molar-refractivity contribution < 1.29 is 19.1 Å². The number of para-hydroxylation sites is 1. The molecule has 8 heteroatoms. The third-order valence-electron chi connectivity index (χ3n) is 6.17. The summed E-state index contributed by atoms with van der Waals surface area (Å²) in [5, 5.41) is 5.37. The Morgan fingerprint density at radius 2 is 1.88 bits per heavy atom. The Kier molecular flexibility index (Phi) is 7.15. The van der Waals surface area contributed by atoms with Gasteiger partial charge >= 0.3 is 6.03 Å². The van der Waals surface area contributed by atoms with Gasteiger partial charge in [-0.1, -0.05) is 25.1 Å². The zero-order valence-electron chi connectivity index (χ0n) is 19.6. The second-order valence-corrected chi connectivity index (χ2v) is 8.41. The van der Waals surface area contributed by atoms with Crippen LogP contribution in [0.15, 0.2) is 48.2 Å². The van der Waals surface area contributed by atoms with E-state index in [1.807, 2.05) is 43.3 Å². The number of urea groups is 1. The third kappa shape index (κ3) is 5.06. The summed E-state index contributed by atoms with van der Waals surface area (Å²) in [5.74, 6) is -0.370. The molecule has 2 aliphatic rings. The normalized spacial score (nSPS) is 17.2. The number of aryl methyl sites for hydroxylation is 1. The molecule has 2 saturated heterocycles. The third-order valence-corrected chi connectivity index (χ3v) is 6.17. The maximum atomic E-state index is 12.9. The molecule has 34 heavy (non-hydrogen) atoms. The maximum Gasteiger partial charge on any atom is 0.329 e. The van der Waals surface area contributed by atoms with Crippen LogP contribution in [0.1, 0.15) is 37.3 Å². The van der Waals surface area contributed by atoms with E-state index in [1.165, 1.54) is 19.3 Å². The van der Waals surface area contributed by atoms with E-state index >= 15 is 0 Å². The average molecular weight is 463 g/mol. The predicted octanol–water partition coefficient (Wildman–Crippen LogP) is 3.78. The van der Waals surface area contributed by atoms with Gasteiger partial charge in [-0.25, -0.2) is 9.69 Å². The van der Waals surface area contributed by atoms with Gasteiger partial charge in [-0.05, 0) is 55.5 Å². The summed E-state index contributed by atoms with van der Waals surface area (Å²) in [5.41, 5.74) is 3.52. The Bertz CT molecular complexity index is 1120. The van der Waals surface area contributed by atoms with E-state index in [0.29, 0.717) is 17.0 Å². The molecule has 0 atom stereocenters. The molecular formula is C26H30N4O4. The van der Waals surface area contributed by atoms with Gasteiger partial charge in [0.2, 0.25) is 5.91 Å². The lowest BCUT2D eigenvalue weighted by atomic mass is 10.1. The molecule has 0 saturated carbocycles. The highest BCUT2D eigenvalue weighted by molar-refractivity contribution is 6.16. The number of methoxy groups -OCH3 is 1. The molecule has 4 rings (SSSR count). The summed E-state index contributed by atoms with van der Waals surface area (Å²) < 4.78 is 5.56. The minimum atomic E-state index is -0.626. The zero-order chi connectivity index (χ0) is 24.1. The van der Waals surface area contributed by atoms with Crippen LogP contribution >= 0.6 is 0 Å². The van der Waals surface area contributed by atoms with Gasteiger partial charge in [-0.2, -0.15) is 0 Å². The molecule has 0 radical (unpaired) electrons. The van der Waals surface area contributed by atoms with E-state index in [-0.39, 0.29) is 12.2 Å². The SMILES string of the molecule is CCc1ccccc1NC(=O)CN1C(=O)N/C(=C/c2ccc(N3CCCCC3)cc2OC)C1=O. The second kappa shape index (κ2) is 10.4. The minimum Gasteiger partial charge on any atom is -0.496 e. The van der Waals surface area contributed by atoms with Crippen molar-refractivity contribution in [2.45, 2.75) is 32.6 Å².